The van der Waals surface area contributed by atoms with Crippen LogP contribution in [0, 0.1) is 5.82 Å². The van der Waals surface area contributed by atoms with E-state index in [9.17, 15) is 4.39 Å². The molecule has 0 bridgehead atoms. The van der Waals surface area contributed by atoms with Gasteiger partial charge in [-0.25, -0.2) is 4.39 Å². The van der Waals surface area contributed by atoms with Crippen molar-refractivity contribution >= 4 is 5.69 Å². The van der Waals surface area contributed by atoms with E-state index in [0.717, 1.165) is 0 Å². The fourth-order valence-corrected chi connectivity index (χ4v) is 2.54. The number of morpholine rings is 1. The molecule has 0 amide bonds. The Morgan fingerprint density at radius 1 is 1.50 bits per heavy atom. The topological polar surface area (TPSA) is 32.7 Å². The number of ether oxygens (including phenoxy) is 1. The summed E-state index contributed by atoms with van der Waals surface area (Å²) in [6, 6.07) is 4.88. The minimum absolute atomic E-state index is 0.0747. The van der Waals surface area contributed by atoms with Crippen LogP contribution in [0.1, 0.15) is 26.3 Å². The molecule has 1 N–H and O–H groups in total. The zero-order valence-corrected chi connectivity index (χ0v) is 11.1. The maximum Gasteiger partial charge on any atom is 0.146 e. The minimum atomic E-state index is -0.286. The molecule has 100 valence electrons. The second-order valence-electron chi connectivity index (χ2n) is 5.51. The molecule has 1 saturated heterocycles. The van der Waals surface area contributed by atoms with Gasteiger partial charge in [-0.3, -0.25) is 0 Å². The van der Waals surface area contributed by atoms with Crippen molar-refractivity contribution in [2.45, 2.75) is 39.1 Å². The molecule has 2 rings (SSSR count). The van der Waals surface area contributed by atoms with Crippen molar-refractivity contribution in [3.63, 3.8) is 0 Å². The number of nitrogens with zero attached hydrogens (tertiary/aromatic N) is 1. The Kier molecular flexibility index (Phi) is 3.59. The van der Waals surface area contributed by atoms with Gasteiger partial charge in [0.25, 0.3) is 0 Å². The Balaban J connectivity index is 2.25. The normalized spacial score (nSPS) is 23.2. The first-order chi connectivity index (χ1) is 8.41. The molecule has 1 aliphatic heterocycles. The predicted molar refractivity (Wildman–Crippen MR) is 69.2 cm³/mol. The first kappa shape index (κ1) is 13.3. The summed E-state index contributed by atoms with van der Waals surface area (Å²) in [6.07, 6.45) is 0.0747. The van der Waals surface area contributed by atoms with Crippen molar-refractivity contribution in [1.82, 2.24) is 0 Å². The molecule has 0 radical (unpaired) electrons. The van der Waals surface area contributed by atoms with Crippen LogP contribution in [-0.2, 0) is 11.3 Å². The van der Waals surface area contributed by atoms with Crippen LogP contribution < -0.4 is 4.90 Å². The first-order valence-corrected chi connectivity index (χ1v) is 6.23. The summed E-state index contributed by atoms with van der Waals surface area (Å²) in [5.41, 5.74) is 0.895. The van der Waals surface area contributed by atoms with E-state index in [-0.39, 0.29) is 24.1 Å². The van der Waals surface area contributed by atoms with E-state index >= 15 is 0 Å². The second-order valence-corrected chi connectivity index (χ2v) is 5.51. The number of halogens is 1. The molecule has 1 heterocycles. The number of benzene rings is 1. The zero-order chi connectivity index (χ0) is 13.3. The van der Waals surface area contributed by atoms with Gasteiger partial charge in [0, 0.05) is 13.1 Å². The molecular weight excluding hydrogens is 233 g/mol. The number of aliphatic hydroxyl groups excluding tert-OH is 1. The van der Waals surface area contributed by atoms with E-state index in [1.54, 1.807) is 12.1 Å². The highest BCUT2D eigenvalue weighted by Crippen LogP contribution is 2.28. The molecular formula is C14H20FNO2. The molecule has 0 spiro atoms. The van der Waals surface area contributed by atoms with Gasteiger partial charge in [-0.2, -0.15) is 0 Å². The Hall–Kier alpha value is -1.13. The molecule has 1 unspecified atom stereocenters. The number of hydrogen-bond donors (Lipinski definition) is 1. The van der Waals surface area contributed by atoms with E-state index in [0.29, 0.717) is 24.3 Å². The van der Waals surface area contributed by atoms with Gasteiger partial charge in [0.2, 0.25) is 0 Å². The molecule has 1 aromatic rings. The van der Waals surface area contributed by atoms with Crippen molar-refractivity contribution in [3.8, 4) is 0 Å². The van der Waals surface area contributed by atoms with Gasteiger partial charge in [-0.05, 0) is 38.5 Å². The summed E-state index contributed by atoms with van der Waals surface area (Å²) in [5, 5.41) is 8.99. The minimum Gasteiger partial charge on any atom is -0.392 e. The van der Waals surface area contributed by atoms with Crippen LogP contribution in [0.3, 0.4) is 0 Å². The molecule has 1 fully saturated rings. The third kappa shape index (κ3) is 2.82. The summed E-state index contributed by atoms with van der Waals surface area (Å²) in [7, 11) is 0. The lowest BCUT2D eigenvalue weighted by Crippen LogP contribution is -2.52. The second kappa shape index (κ2) is 4.86. The molecule has 1 atom stereocenters. The van der Waals surface area contributed by atoms with E-state index in [1.807, 2.05) is 25.7 Å². The summed E-state index contributed by atoms with van der Waals surface area (Å²) >= 11 is 0. The Labute approximate surface area is 107 Å². The Morgan fingerprint density at radius 2 is 2.22 bits per heavy atom. The lowest BCUT2D eigenvalue weighted by atomic mass is 10.0. The standard InChI is InChI=1S/C14H20FNO2/c1-10-7-16(9-14(2,3)18-10)13-5-4-11(8-17)6-12(13)15/h4-6,10,17H,7-9H2,1-3H3. The van der Waals surface area contributed by atoms with Crippen molar-refractivity contribution < 1.29 is 14.2 Å². The molecule has 0 aliphatic carbocycles. The summed E-state index contributed by atoms with van der Waals surface area (Å²) in [4.78, 5) is 2.00. The third-order valence-corrected chi connectivity index (χ3v) is 3.10. The van der Waals surface area contributed by atoms with E-state index in [4.69, 9.17) is 9.84 Å². The number of aliphatic hydroxyl groups is 1. The maximum atomic E-state index is 14.0. The number of anilines is 1. The zero-order valence-electron chi connectivity index (χ0n) is 11.1. The van der Waals surface area contributed by atoms with Gasteiger partial charge in [0.15, 0.2) is 0 Å². The van der Waals surface area contributed by atoms with Gasteiger partial charge in [0.1, 0.15) is 5.82 Å². The summed E-state index contributed by atoms with van der Waals surface area (Å²) < 4.78 is 19.8. The van der Waals surface area contributed by atoms with Crippen LogP contribution in [0.2, 0.25) is 0 Å². The van der Waals surface area contributed by atoms with Crippen LogP contribution in [0.4, 0.5) is 10.1 Å². The van der Waals surface area contributed by atoms with Crippen LogP contribution >= 0.6 is 0 Å². The quantitative estimate of drug-likeness (QED) is 0.878. The fourth-order valence-electron chi connectivity index (χ4n) is 2.54. The largest absolute Gasteiger partial charge is 0.392 e. The first-order valence-electron chi connectivity index (χ1n) is 6.23. The highest BCUT2D eigenvalue weighted by atomic mass is 19.1. The van der Waals surface area contributed by atoms with E-state index in [2.05, 4.69) is 0 Å². The Morgan fingerprint density at radius 3 is 2.78 bits per heavy atom. The van der Waals surface area contributed by atoms with Crippen LogP contribution in [0.15, 0.2) is 18.2 Å². The van der Waals surface area contributed by atoms with Crippen molar-refractivity contribution in [2.24, 2.45) is 0 Å². The van der Waals surface area contributed by atoms with Crippen LogP contribution in [-0.4, -0.2) is 29.9 Å². The number of hydrogen-bond acceptors (Lipinski definition) is 3. The Bertz CT molecular complexity index is 434. The molecule has 1 aromatic carbocycles. The van der Waals surface area contributed by atoms with E-state index in [1.165, 1.54) is 6.07 Å². The lowest BCUT2D eigenvalue weighted by Gasteiger charge is -2.43. The van der Waals surface area contributed by atoms with Gasteiger partial charge >= 0.3 is 0 Å². The third-order valence-electron chi connectivity index (χ3n) is 3.10. The van der Waals surface area contributed by atoms with Crippen molar-refractivity contribution in [2.75, 3.05) is 18.0 Å². The van der Waals surface area contributed by atoms with Crippen molar-refractivity contribution in [1.29, 1.82) is 0 Å². The molecule has 4 heteroatoms. The molecule has 0 saturated carbocycles. The molecule has 1 aliphatic rings. The van der Waals surface area contributed by atoms with Gasteiger partial charge in [-0.15, -0.1) is 0 Å². The summed E-state index contributed by atoms with van der Waals surface area (Å²) in [5.74, 6) is -0.286. The van der Waals surface area contributed by atoms with Gasteiger partial charge < -0.3 is 14.7 Å². The van der Waals surface area contributed by atoms with Crippen LogP contribution in [0.25, 0.3) is 0 Å². The maximum absolute atomic E-state index is 14.0. The van der Waals surface area contributed by atoms with Crippen molar-refractivity contribution in [3.05, 3.63) is 29.6 Å². The lowest BCUT2D eigenvalue weighted by molar-refractivity contribution is -0.0751. The predicted octanol–water partition coefficient (Wildman–Crippen LogP) is 2.32. The molecule has 0 aromatic heterocycles. The fraction of sp³-hybridized carbons (Fsp3) is 0.571. The van der Waals surface area contributed by atoms with E-state index < -0.39 is 0 Å². The SMILES string of the molecule is CC1CN(c2ccc(CO)cc2F)CC(C)(C)O1. The highest BCUT2D eigenvalue weighted by Gasteiger charge is 2.32. The monoisotopic (exact) mass is 253 g/mol. The summed E-state index contributed by atoms with van der Waals surface area (Å²) in [6.45, 7) is 7.22. The van der Waals surface area contributed by atoms with Gasteiger partial charge in [-0.1, -0.05) is 6.07 Å². The highest BCUT2D eigenvalue weighted by molar-refractivity contribution is 5.50. The van der Waals surface area contributed by atoms with Crippen LogP contribution in [0.5, 0.6) is 0 Å². The average molecular weight is 253 g/mol. The smallest absolute Gasteiger partial charge is 0.146 e. The number of rotatable bonds is 2. The molecule has 3 nitrogen and oxygen atoms in total. The average Bonchev–Trinajstić information content (AvgIpc) is 2.25. The van der Waals surface area contributed by atoms with Gasteiger partial charge in [0.05, 0.1) is 24.0 Å². The molecule has 18 heavy (non-hydrogen) atoms.